The molecule has 7 heteroatoms. The number of carbonyl (C=O) groups is 1. The molecular formula is C19H26N2O3S2. The molecule has 0 aliphatic heterocycles. The van der Waals surface area contributed by atoms with E-state index < -0.39 is 16.1 Å². The molecule has 2 rings (SSSR count). The lowest BCUT2D eigenvalue weighted by atomic mass is 10.0. The zero-order chi connectivity index (χ0) is 19.3. The van der Waals surface area contributed by atoms with Gasteiger partial charge in [0.25, 0.3) is 0 Å². The molecule has 0 radical (unpaired) electrons. The number of hydrogen-bond donors (Lipinski definition) is 2. The van der Waals surface area contributed by atoms with Crippen LogP contribution in [0.15, 0.2) is 46.7 Å². The minimum atomic E-state index is -3.76. The molecular weight excluding hydrogens is 368 g/mol. The largest absolute Gasteiger partial charge is 0.347 e. The Bertz CT molecular complexity index is 813. The zero-order valence-electron chi connectivity index (χ0n) is 15.5. The summed E-state index contributed by atoms with van der Waals surface area (Å²) in [6.45, 7) is 7.71. The number of rotatable bonds is 8. The number of thiophene rings is 1. The molecule has 1 amide bonds. The molecule has 1 heterocycles. The Labute approximate surface area is 159 Å². The Morgan fingerprint density at radius 1 is 1.12 bits per heavy atom. The lowest BCUT2D eigenvalue weighted by Gasteiger charge is -2.22. The van der Waals surface area contributed by atoms with E-state index in [0.29, 0.717) is 6.42 Å². The van der Waals surface area contributed by atoms with E-state index in [4.69, 9.17) is 0 Å². The monoisotopic (exact) mass is 394 g/mol. The summed E-state index contributed by atoms with van der Waals surface area (Å²) < 4.78 is 27.9. The number of carbonyl (C=O) groups excluding carboxylic acids is 1. The lowest BCUT2D eigenvalue weighted by molar-refractivity contribution is -0.123. The fraction of sp³-hybridized carbons (Fsp3) is 0.421. The fourth-order valence-electron chi connectivity index (χ4n) is 2.58. The number of sulfonamides is 1. The predicted molar refractivity (Wildman–Crippen MR) is 106 cm³/mol. The van der Waals surface area contributed by atoms with Gasteiger partial charge in [-0.3, -0.25) is 4.79 Å². The van der Waals surface area contributed by atoms with Crippen molar-refractivity contribution >= 4 is 27.3 Å². The lowest BCUT2D eigenvalue weighted by Crippen LogP contribution is -2.47. The van der Waals surface area contributed by atoms with Crippen molar-refractivity contribution in [3.05, 3.63) is 52.2 Å². The van der Waals surface area contributed by atoms with E-state index in [0.717, 1.165) is 10.4 Å². The van der Waals surface area contributed by atoms with Crippen LogP contribution < -0.4 is 10.0 Å². The maximum Gasteiger partial charge on any atom is 0.241 e. The fourth-order valence-corrected chi connectivity index (χ4v) is 4.52. The Kier molecular flexibility index (Phi) is 6.97. The average Bonchev–Trinajstić information content (AvgIpc) is 3.08. The molecule has 0 aliphatic carbocycles. The summed E-state index contributed by atoms with van der Waals surface area (Å²) in [5.74, 6) is -0.140. The van der Waals surface area contributed by atoms with E-state index in [9.17, 15) is 13.2 Å². The average molecular weight is 395 g/mol. The van der Waals surface area contributed by atoms with Crippen LogP contribution in [0.5, 0.6) is 0 Å². The van der Waals surface area contributed by atoms with Crippen LogP contribution in [-0.4, -0.2) is 20.4 Å². The van der Waals surface area contributed by atoms with Crippen LogP contribution in [0.1, 0.15) is 43.7 Å². The minimum Gasteiger partial charge on any atom is -0.347 e. The summed E-state index contributed by atoms with van der Waals surface area (Å²) in [7, 11) is -3.76. The standard InChI is InChI=1S/C19H26N2O3S2/c1-13(2)12-17(19(22)20-15(4)18-6-5-11-25-18)21-26(23,24)16-9-7-14(3)8-10-16/h5-11,13,15,17,21H,12H2,1-4H3,(H,20,22). The summed E-state index contributed by atoms with van der Waals surface area (Å²) in [6.07, 6.45) is 0.425. The van der Waals surface area contributed by atoms with Crippen molar-refractivity contribution in [1.29, 1.82) is 0 Å². The van der Waals surface area contributed by atoms with Gasteiger partial charge in [0.15, 0.2) is 0 Å². The Morgan fingerprint density at radius 2 is 1.77 bits per heavy atom. The summed E-state index contributed by atoms with van der Waals surface area (Å²) in [4.78, 5) is 13.9. The van der Waals surface area contributed by atoms with Gasteiger partial charge in [-0.1, -0.05) is 37.6 Å². The highest BCUT2D eigenvalue weighted by Crippen LogP contribution is 2.19. The highest BCUT2D eigenvalue weighted by Gasteiger charge is 2.27. The molecule has 2 N–H and O–H groups in total. The molecule has 2 atom stereocenters. The first-order valence-electron chi connectivity index (χ1n) is 8.62. The van der Waals surface area contributed by atoms with Crippen molar-refractivity contribution in [2.45, 2.75) is 51.1 Å². The Morgan fingerprint density at radius 3 is 2.31 bits per heavy atom. The molecule has 0 bridgehead atoms. The summed E-state index contributed by atoms with van der Waals surface area (Å²) in [5.41, 5.74) is 0.977. The van der Waals surface area contributed by atoms with Crippen LogP contribution in [0.25, 0.3) is 0 Å². The summed E-state index contributed by atoms with van der Waals surface area (Å²) >= 11 is 1.56. The molecule has 1 aromatic heterocycles. The second-order valence-corrected chi connectivity index (χ2v) is 9.56. The molecule has 1 aromatic carbocycles. The van der Waals surface area contributed by atoms with Crippen molar-refractivity contribution in [2.75, 3.05) is 0 Å². The van der Waals surface area contributed by atoms with Crippen molar-refractivity contribution in [2.24, 2.45) is 5.92 Å². The molecule has 26 heavy (non-hydrogen) atoms. The first-order chi connectivity index (χ1) is 12.2. The van der Waals surface area contributed by atoms with Crippen molar-refractivity contribution in [3.8, 4) is 0 Å². The number of hydrogen-bond acceptors (Lipinski definition) is 4. The molecule has 142 valence electrons. The van der Waals surface area contributed by atoms with E-state index in [1.165, 1.54) is 0 Å². The first-order valence-corrected chi connectivity index (χ1v) is 11.0. The zero-order valence-corrected chi connectivity index (χ0v) is 17.2. The Balaban J connectivity index is 2.15. The van der Waals surface area contributed by atoms with Crippen LogP contribution in [0.4, 0.5) is 0 Å². The second kappa shape index (κ2) is 8.79. The number of nitrogens with one attached hydrogen (secondary N) is 2. The summed E-state index contributed by atoms with van der Waals surface area (Å²) in [6, 6.07) is 9.48. The quantitative estimate of drug-likeness (QED) is 0.718. The predicted octanol–water partition coefficient (Wildman–Crippen LogP) is 3.63. The molecule has 2 aromatic rings. The Hall–Kier alpha value is -1.70. The van der Waals surface area contributed by atoms with Gasteiger partial charge in [-0.05, 0) is 49.8 Å². The van der Waals surface area contributed by atoms with Crippen LogP contribution in [0, 0.1) is 12.8 Å². The van der Waals surface area contributed by atoms with Crippen molar-refractivity contribution in [3.63, 3.8) is 0 Å². The topological polar surface area (TPSA) is 75.3 Å². The smallest absolute Gasteiger partial charge is 0.241 e. The molecule has 0 saturated carbocycles. The highest BCUT2D eigenvalue weighted by atomic mass is 32.2. The van der Waals surface area contributed by atoms with Gasteiger partial charge in [0.05, 0.1) is 10.9 Å². The summed E-state index contributed by atoms with van der Waals surface area (Å²) in [5, 5.41) is 4.86. The van der Waals surface area contributed by atoms with Gasteiger partial charge < -0.3 is 5.32 Å². The van der Waals surface area contributed by atoms with Crippen LogP contribution in [-0.2, 0) is 14.8 Å². The maximum absolute atomic E-state index is 12.7. The molecule has 0 aliphatic rings. The van der Waals surface area contributed by atoms with E-state index in [2.05, 4.69) is 10.0 Å². The normalized spacial score (nSPS) is 14.2. The molecule has 5 nitrogen and oxygen atoms in total. The van der Waals surface area contributed by atoms with Gasteiger partial charge in [0.1, 0.15) is 6.04 Å². The van der Waals surface area contributed by atoms with E-state index in [1.54, 1.807) is 35.6 Å². The number of amides is 1. The number of aryl methyl sites for hydroxylation is 1. The van der Waals surface area contributed by atoms with Gasteiger partial charge in [-0.2, -0.15) is 4.72 Å². The van der Waals surface area contributed by atoms with E-state index in [1.807, 2.05) is 45.2 Å². The third-order valence-corrected chi connectivity index (χ3v) is 6.52. The van der Waals surface area contributed by atoms with E-state index in [-0.39, 0.29) is 22.8 Å². The SMILES string of the molecule is Cc1ccc(S(=O)(=O)NC(CC(C)C)C(=O)NC(C)c2cccs2)cc1. The molecule has 0 saturated heterocycles. The molecule has 0 spiro atoms. The third kappa shape index (κ3) is 5.65. The molecule has 2 unspecified atom stereocenters. The highest BCUT2D eigenvalue weighted by molar-refractivity contribution is 7.89. The van der Waals surface area contributed by atoms with E-state index >= 15 is 0 Å². The number of benzene rings is 1. The molecule has 0 fully saturated rings. The second-order valence-electron chi connectivity index (χ2n) is 6.86. The van der Waals surface area contributed by atoms with Crippen LogP contribution in [0.3, 0.4) is 0 Å². The van der Waals surface area contributed by atoms with Gasteiger partial charge in [0.2, 0.25) is 15.9 Å². The van der Waals surface area contributed by atoms with Crippen molar-refractivity contribution in [1.82, 2.24) is 10.0 Å². The van der Waals surface area contributed by atoms with Gasteiger partial charge in [-0.25, -0.2) is 8.42 Å². The maximum atomic E-state index is 12.7. The first kappa shape index (κ1) is 20.6. The van der Waals surface area contributed by atoms with Gasteiger partial charge >= 0.3 is 0 Å². The minimum absolute atomic E-state index is 0.163. The third-order valence-electron chi connectivity index (χ3n) is 3.98. The van der Waals surface area contributed by atoms with Gasteiger partial charge in [0, 0.05) is 4.88 Å². The van der Waals surface area contributed by atoms with Gasteiger partial charge in [-0.15, -0.1) is 11.3 Å². The van der Waals surface area contributed by atoms with Crippen LogP contribution >= 0.6 is 11.3 Å². The van der Waals surface area contributed by atoms with Crippen LogP contribution in [0.2, 0.25) is 0 Å². The van der Waals surface area contributed by atoms with Crippen molar-refractivity contribution < 1.29 is 13.2 Å².